The molecular formula is C9H19N3O3. The molecule has 88 valence electrons. The summed E-state index contributed by atoms with van der Waals surface area (Å²) in [6, 6.07) is 0. The number of nitrogens with zero attached hydrogens (tertiary/aromatic N) is 1. The standard InChI is InChI=1S/C9H19N3O3/c1-12-3-5-14-8(7-12)6-11-2-4-15-9(10)13/h8,11H,2-7H2,1H3,(H2,10,13). The highest BCUT2D eigenvalue weighted by atomic mass is 16.5. The van der Waals surface area contributed by atoms with E-state index in [1.807, 2.05) is 0 Å². The minimum atomic E-state index is -0.731. The van der Waals surface area contributed by atoms with Crippen molar-refractivity contribution in [3.05, 3.63) is 0 Å². The highest BCUT2D eigenvalue weighted by Gasteiger charge is 2.16. The smallest absolute Gasteiger partial charge is 0.404 e. The summed E-state index contributed by atoms with van der Waals surface area (Å²) in [4.78, 5) is 12.5. The fourth-order valence-electron chi connectivity index (χ4n) is 1.48. The van der Waals surface area contributed by atoms with Crippen molar-refractivity contribution in [1.82, 2.24) is 10.2 Å². The van der Waals surface area contributed by atoms with E-state index in [2.05, 4.69) is 22.0 Å². The first-order chi connectivity index (χ1) is 7.18. The van der Waals surface area contributed by atoms with E-state index in [9.17, 15) is 4.79 Å². The Morgan fingerprint density at radius 3 is 3.20 bits per heavy atom. The van der Waals surface area contributed by atoms with Crippen LogP contribution in [0.3, 0.4) is 0 Å². The molecular weight excluding hydrogens is 198 g/mol. The summed E-state index contributed by atoms with van der Waals surface area (Å²) in [5.41, 5.74) is 4.82. The van der Waals surface area contributed by atoms with Crippen molar-refractivity contribution >= 4 is 6.09 Å². The van der Waals surface area contributed by atoms with Gasteiger partial charge in [-0.2, -0.15) is 0 Å². The molecule has 1 fully saturated rings. The molecule has 1 rings (SSSR count). The first kappa shape index (κ1) is 12.2. The van der Waals surface area contributed by atoms with Crippen molar-refractivity contribution in [2.75, 3.05) is 46.4 Å². The third kappa shape index (κ3) is 5.56. The molecule has 6 nitrogen and oxygen atoms in total. The molecule has 6 heteroatoms. The number of primary amides is 1. The van der Waals surface area contributed by atoms with Gasteiger partial charge >= 0.3 is 6.09 Å². The first-order valence-corrected chi connectivity index (χ1v) is 5.11. The summed E-state index contributed by atoms with van der Waals surface area (Å²) in [6.07, 6.45) is -0.511. The lowest BCUT2D eigenvalue weighted by atomic mass is 10.3. The fraction of sp³-hybridized carbons (Fsp3) is 0.889. The van der Waals surface area contributed by atoms with Crippen molar-refractivity contribution in [2.45, 2.75) is 6.10 Å². The minimum Gasteiger partial charge on any atom is -0.448 e. The normalized spacial score (nSPS) is 22.6. The van der Waals surface area contributed by atoms with Crippen LogP contribution >= 0.6 is 0 Å². The molecule has 1 saturated heterocycles. The Morgan fingerprint density at radius 1 is 1.73 bits per heavy atom. The van der Waals surface area contributed by atoms with Crippen LogP contribution in [0.1, 0.15) is 0 Å². The van der Waals surface area contributed by atoms with Gasteiger partial charge in [-0.3, -0.25) is 0 Å². The Hall–Kier alpha value is -0.850. The Kier molecular flexibility index (Phi) is 5.38. The minimum absolute atomic E-state index is 0.220. The molecule has 0 saturated carbocycles. The van der Waals surface area contributed by atoms with E-state index in [1.54, 1.807) is 0 Å². The van der Waals surface area contributed by atoms with Crippen LogP contribution in [0.15, 0.2) is 0 Å². The van der Waals surface area contributed by atoms with Gasteiger partial charge in [-0.1, -0.05) is 0 Å². The van der Waals surface area contributed by atoms with Crippen LogP contribution in [0, 0.1) is 0 Å². The van der Waals surface area contributed by atoms with Gasteiger partial charge < -0.3 is 25.4 Å². The number of morpholine rings is 1. The van der Waals surface area contributed by atoms with Gasteiger partial charge in [0.25, 0.3) is 0 Å². The van der Waals surface area contributed by atoms with Crippen LogP contribution in [-0.2, 0) is 9.47 Å². The van der Waals surface area contributed by atoms with Crippen molar-refractivity contribution in [3.63, 3.8) is 0 Å². The summed E-state index contributed by atoms with van der Waals surface area (Å²) in [5, 5.41) is 3.15. The van der Waals surface area contributed by atoms with Gasteiger partial charge in [-0.05, 0) is 7.05 Å². The van der Waals surface area contributed by atoms with Crippen LogP contribution in [0.4, 0.5) is 4.79 Å². The summed E-state index contributed by atoms with van der Waals surface area (Å²) >= 11 is 0. The SMILES string of the molecule is CN1CCOC(CNCCOC(N)=O)C1. The Labute approximate surface area is 89.7 Å². The maximum Gasteiger partial charge on any atom is 0.404 e. The predicted octanol–water partition coefficient (Wildman–Crippen LogP) is -0.998. The Bertz CT molecular complexity index is 201. The number of hydrogen-bond acceptors (Lipinski definition) is 5. The van der Waals surface area contributed by atoms with Crippen molar-refractivity contribution in [3.8, 4) is 0 Å². The summed E-state index contributed by atoms with van der Waals surface area (Å²) < 4.78 is 10.1. The molecule has 0 spiro atoms. The van der Waals surface area contributed by atoms with E-state index in [0.717, 1.165) is 26.2 Å². The molecule has 1 unspecified atom stereocenters. The summed E-state index contributed by atoms with van der Waals surface area (Å²) in [7, 11) is 2.08. The largest absolute Gasteiger partial charge is 0.448 e. The molecule has 0 aliphatic carbocycles. The van der Waals surface area contributed by atoms with Gasteiger partial charge in [0, 0.05) is 26.2 Å². The highest BCUT2D eigenvalue weighted by molar-refractivity contribution is 5.64. The zero-order valence-corrected chi connectivity index (χ0v) is 9.07. The van der Waals surface area contributed by atoms with Gasteiger partial charge in [0.1, 0.15) is 6.61 Å². The van der Waals surface area contributed by atoms with E-state index < -0.39 is 6.09 Å². The molecule has 0 aromatic heterocycles. The van der Waals surface area contributed by atoms with E-state index in [0.29, 0.717) is 13.2 Å². The Morgan fingerprint density at radius 2 is 2.53 bits per heavy atom. The second-order valence-corrected chi connectivity index (χ2v) is 3.63. The van der Waals surface area contributed by atoms with Crippen LogP contribution < -0.4 is 11.1 Å². The number of amides is 1. The maximum absolute atomic E-state index is 10.2. The number of rotatable bonds is 5. The quantitative estimate of drug-likeness (QED) is 0.578. The number of carbonyl (C=O) groups is 1. The molecule has 1 aliphatic rings. The molecule has 15 heavy (non-hydrogen) atoms. The zero-order valence-electron chi connectivity index (χ0n) is 9.07. The first-order valence-electron chi connectivity index (χ1n) is 5.11. The second kappa shape index (κ2) is 6.60. The maximum atomic E-state index is 10.2. The van der Waals surface area contributed by atoms with Crippen LogP contribution in [0.5, 0.6) is 0 Å². The molecule has 1 amide bonds. The summed E-state index contributed by atoms with van der Waals surface area (Å²) in [5.74, 6) is 0. The van der Waals surface area contributed by atoms with Gasteiger partial charge in [0.05, 0.1) is 12.7 Å². The molecule has 1 aliphatic heterocycles. The summed E-state index contributed by atoms with van der Waals surface area (Å²) in [6.45, 7) is 4.38. The van der Waals surface area contributed by atoms with E-state index >= 15 is 0 Å². The van der Waals surface area contributed by atoms with Gasteiger partial charge in [0.15, 0.2) is 0 Å². The van der Waals surface area contributed by atoms with Crippen molar-refractivity contribution < 1.29 is 14.3 Å². The molecule has 0 aromatic carbocycles. The van der Waals surface area contributed by atoms with Crippen molar-refractivity contribution in [1.29, 1.82) is 0 Å². The van der Waals surface area contributed by atoms with E-state index in [4.69, 9.17) is 10.5 Å². The zero-order chi connectivity index (χ0) is 11.1. The number of nitrogens with one attached hydrogen (secondary N) is 1. The van der Waals surface area contributed by atoms with Gasteiger partial charge in [-0.25, -0.2) is 4.79 Å². The average Bonchev–Trinajstić information content (AvgIpc) is 2.17. The molecule has 0 radical (unpaired) electrons. The van der Waals surface area contributed by atoms with Crippen molar-refractivity contribution in [2.24, 2.45) is 5.73 Å². The Balaban J connectivity index is 1.97. The monoisotopic (exact) mass is 217 g/mol. The molecule has 3 N–H and O–H groups in total. The van der Waals surface area contributed by atoms with Crippen LogP contribution in [-0.4, -0.2) is 63.5 Å². The van der Waals surface area contributed by atoms with Gasteiger partial charge in [-0.15, -0.1) is 0 Å². The van der Waals surface area contributed by atoms with Crippen LogP contribution in [0.25, 0.3) is 0 Å². The number of likely N-dealkylation sites (N-methyl/N-ethyl adjacent to an activating group) is 1. The number of carbonyl (C=O) groups excluding carboxylic acids is 1. The van der Waals surface area contributed by atoms with Gasteiger partial charge in [0.2, 0.25) is 0 Å². The third-order valence-electron chi connectivity index (χ3n) is 2.24. The van der Waals surface area contributed by atoms with E-state index in [-0.39, 0.29) is 6.10 Å². The molecule has 1 heterocycles. The number of ether oxygens (including phenoxy) is 2. The lowest BCUT2D eigenvalue weighted by Gasteiger charge is -2.30. The number of nitrogens with two attached hydrogens (primary N) is 1. The topological polar surface area (TPSA) is 76.8 Å². The predicted molar refractivity (Wildman–Crippen MR) is 55.6 cm³/mol. The lowest BCUT2D eigenvalue weighted by Crippen LogP contribution is -2.45. The fourth-order valence-corrected chi connectivity index (χ4v) is 1.48. The molecule has 0 aromatic rings. The molecule has 1 atom stereocenters. The van der Waals surface area contributed by atoms with E-state index in [1.165, 1.54) is 0 Å². The second-order valence-electron chi connectivity index (χ2n) is 3.63. The lowest BCUT2D eigenvalue weighted by molar-refractivity contribution is -0.0183. The average molecular weight is 217 g/mol. The number of hydrogen-bond donors (Lipinski definition) is 2. The third-order valence-corrected chi connectivity index (χ3v) is 2.24. The molecule has 0 bridgehead atoms. The highest BCUT2D eigenvalue weighted by Crippen LogP contribution is 2.00. The van der Waals surface area contributed by atoms with Crippen LogP contribution in [0.2, 0.25) is 0 Å².